The van der Waals surface area contributed by atoms with Gasteiger partial charge >= 0.3 is 0 Å². The average Bonchev–Trinajstić information content (AvgIpc) is 3.10. The van der Waals surface area contributed by atoms with Gasteiger partial charge in [0, 0.05) is 18.3 Å². The van der Waals surface area contributed by atoms with Crippen molar-refractivity contribution in [2.45, 2.75) is 25.9 Å². The number of rotatable bonds is 0. The van der Waals surface area contributed by atoms with Crippen molar-refractivity contribution in [3.05, 3.63) is 59.9 Å². The molecule has 8 heteroatoms. The number of nitrogens with zero attached hydrogens (tertiary/aromatic N) is 5. The largest absolute Gasteiger partial charge is 0.349 e. The van der Waals surface area contributed by atoms with E-state index in [0.29, 0.717) is 40.2 Å². The lowest BCUT2D eigenvalue weighted by atomic mass is 9.93. The summed E-state index contributed by atoms with van der Waals surface area (Å²) in [6, 6.07) is 3.05. The minimum Gasteiger partial charge on any atom is -0.349 e. The summed E-state index contributed by atoms with van der Waals surface area (Å²) in [6.07, 6.45) is 4.57. The second kappa shape index (κ2) is 5.87. The summed E-state index contributed by atoms with van der Waals surface area (Å²) < 4.78 is 15.9. The van der Waals surface area contributed by atoms with Crippen LogP contribution in [0.5, 0.6) is 0 Å². The maximum Gasteiger partial charge on any atom is 0.257 e. The lowest BCUT2D eigenvalue weighted by Gasteiger charge is -2.32. The lowest BCUT2D eigenvalue weighted by molar-refractivity contribution is 0.0949. The Morgan fingerprint density at radius 3 is 2.97 bits per heavy atom. The van der Waals surface area contributed by atoms with Crippen LogP contribution in [0.4, 0.5) is 10.2 Å². The smallest absolute Gasteiger partial charge is 0.257 e. The van der Waals surface area contributed by atoms with E-state index < -0.39 is 0 Å². The molecule has 5 heterocycles. The van der Waals surface area contributed by atoms with Crippen molar-refractivity contribution in [1.82, 2.24) is 24.9 Å². The summed E-state index contributed by atoms with van der Waals surface area (Å²) in [5.74, 6) is 1.62. The van der Waals surface area contributed by atoms with Crippen LogP contribution in [-0.2, 0) is 0 Å². The molecule has 7 nitrogen and oxygen atoms in total. The van der Waals surface area contributed by atoms with Gasteiger partial charge in [-0.25, -0.2) is 13.9 Å². The van der Waals surface area contributed by atoms with E-state index in [1.165, 1.54) is 12.4 Å². The molecular weight excluding hydrogens is 383 g/mol. The summed E-state index contributed by atoms with van der Waals surface area (Å²) in [5.41, 5.74) is 3.05. The number of aromatic nitrogens is 4. The van der Waals surface area contributed by atoms with Crippen LogP contribution in [0.3, 0.4) is 0 Å². The maximum atomic E-state index is 14.3. The molecule has 1 N–H and O–H groups in total. The highest BCUT2D eigenvalue weighted by molar-refractivity contribution is 6.00. The molecule has 1 amide bonds. The van der Waals surface area contributed by atoms with Crippen LogP contribution in [0.2, 0.25) is 0 Å². The van der Waals surface area contributed by atoms with E-state index in [1.54, 1.807) is 10.6 Å². The first-order valence-corrected chi connectivity index (χ1v) is 10.2. The van der Waals surface area contributed by atoms with Crippen molar-refractivity contribution in [2.75, 3.05) is 11.4 Å². The van der Waals surface area contributed by atoms with Crippen LogP contribution in [0.25, 0.3) is 11.2 Å². The van der Waals surface area contributed by atoms with Crippen molar-refractivity contribution in [3.8, 4) is 0 Å². The third-order valence-electron chi connectivity index (χ3n) is 7.01. The molecule has 3 unspecified atom stereocenters. The number of pyridine rings is 1. The molecular formula is C22H21FN6O. The highest BCUT2D eigenvalue weighted by Gasteiger charge is 2.60. The number of hydrogen-bond donors (Lipinski definition) is 1. The molecule has 2 fully saturated rings. The number of carbonyl (C=O) groups excluding carboxylic acids is 1. The van der Waals surface area contributed by atoms with E-state index in [9.17, 15) is 9.18 Å². The topological polar surface area (TPSA) is 75.4 Å². The highest BCUT2D eigenvalue weighted by Crippen LogP contribution is 2.62. The fraction of sp³-hybridized carbons (Fsp3) is 0.364. The molecule has 3 aromatic rings. The maximum absolute atomic E-state index is 14.3. The summed E-state index contributed by atoms with van der Waals surface area (Å²) in [4.78, 5) is 24.4. The van der Waals surface area contributed by atoms with Crippen molar-refractivity contribution >= 4 is 22.9 Å². The molecule has 1 saturated carbocycles. The molecule has 152 valence electrons. The normalized spacial score (nSPS) is 29.7. The van der Waals surface area contributed by atoms with Gasteiger partial charge in [0.2, 0.25) is 0 Å². The summed E-state index contributed by atoms with van der Waals surface area (Å²) in [7, 11) is 0. The van der Waals surface area contributed by atoms with Crippen LogP contribution in [0, 0.1) is 23.6 Å². The van der Waals surface area contributed by atoms with Gasteiger partial charge in [0.25, 0.3) is 5.91 Å². The van der Waals surface area contributed by atoms with Crippen molar-refractivity contribution in [1.29, 1.82) is 0 Å². The molecule has 0 radical (unpaired) electrons. The van der Waals surface area contributed by atoms with Gasteiger partial charge in [-0.05, 0) is 42.4 Å². The van der Waals surface area contributed by atoms with E-state index in [0.717, 1.165) is 17.9 Å². The Hall–Kier alpha value is -3.29. The number of amides is 1. The minimum absolute atomic E-state index is 0.0383. The Morgan fingerprint density at radius 1 is 1.30 bits per heavy atom. The summed E-state index contributed by atoms with van der Waals surface area (Å²) >= 11 is 0. The Bertz CT molecular complexity index is 1240. The lowest BCUT2D eigenvalue weighted by Crippen LogP contribution is -2.35. The zero-order valence-electron chi connectivity index (χ0n) is 16.7. The molecule has 1 saturated heterocycles. The highest BCUT2D eigenvalue weighted by atomic mass is 19.1. The Morgan fingerprint density at radius 2 is 2.13 bits per heavy atom. The Kier molecular flexibility index (Phi) is 3.44. The third kappa shape index (κ3) is 2.30. The number of piperidine rings is 1. The van der Waals surface area contributed by atoms with Gasteiger partial charge in [-0.2, -0.15) is 5.10 Å². The SMILES string of the molecule is C=C1c2ncc(F)cc2[C@H]2C3C(C)C3CN2c2ccn3ncc(c3n2)C(=O)N[C@@H]1C. The zero-order valence-corrected chi connectivity index (χ0v) is 16.7. The quantitative estimate of drug-likeness (QED) is 0.624. The molecule has 2 aliphatic heterocycles. The minimum atomic E-state index is -0.381. The van der Waals surface area contributed by atoms with E-state index in [1.807, 2.05) is 19.2 Å². The van der Waals surface area contributed by atoms with Gasteiger partial charge in [-0.1, -0.05) is 13.5 Å². The molecule has 6 rings (SSSR count). The van der Waals surface area contributed by atoms with Crippen LogP contribution in [0.15, 0.2) is 37.3 Å². The first kappa shape index (κ1) is 17.6. The molecule has 0 spiro atoms. The molecule has 0 aromatic carbocycles. The average molecular weight is 404 g/mol. The first-order valence-electron chi connectivity index (χ1n) is 10.2. The van der Waals surface area contributed by atoms with Crippen molar-refractivity contribution < 1.29 is 9.18 Å². The van der Waals surface area contributed by atoms with Crippen molar-refractivity contribution in [3.63, 3.8) is 0 Å². The Labute approximate surface area is 172 Å². The monoisotopic (exact) mass is 404 g/mol. The van der Waals surface area contributed by atoms with Gasteiger partial charge in [-0.3, -0.25) is 9.78 Å². The molecule has 5 atom stereocenters. The third-order valence-corrected chi connectivity index (χ3v) is 7.01. The van der Waals surface area contributed by atoms with Crippen molar-refractivity contribution in [2.24, 2.45) is 17.8 Å². The van der Waals surface area contributed by atoms with Gasteiger partial charge < -0.3 is 10.2 Å². The van der Waals surface area contributed by atoms with Crippen LogP contribution >= 0.6 is 0 Å². The predicted octanol–water partition coefficient (Wildman–Crippen LogP) is 2.85. The Balaban J connectivity index is 1.61. The molecule has 1 aliphatic carbocycles. The first-order chi connectivity index (χ1) is 14.4. The number of fused-ring (bicyclic) bond motifs is 7. The van der Waals surface area contributed by atoms with E-state index >= 15 is 0 Å². The standard InChI is InChI=1S/C22H21FN6O/c1-10-12(3)26-22(30)15-8-25-29-5-4-17(27-21(15)29)28-9-16-11(2)18(16)20(28)14-6-13(23)7-24-19(10)14/h4-8,11-12,16,18,20H,1,9H2,2-3H3,(H,26,30)/t11?,12-,16?,18?,20+/m1/s1. The number of anilines is 1. The molecule has 30 heavy (non-hydrogen) atoms. The number of halogens is 1. The fourth-order valence-electron chi connectivity index (χ4n) is 5.24. The number of carbonyl (C=O) groups is 1. The van der Waals surface area contributed by atoms with Gasteiger partial charge in [0.1, 0.15) is 17.2 Å². The van der Waals surface area contributed by atoms with Gasteiger partial charge in [0.15, 0.2) is 5.65 Å². The fourth-order valence-corrected chi connectivity index (χ4v) is 5.24. The second-order valence-corrected chi connectivity index (χ2v) is 8.62. The van der Waals surface area contributed by atoms with Gasteiger partial charge in [-0.15, -0.1) is 0 Å². The zero-order chi connectivity index (χ0) is 20.7. The molecule has 2 bridgehead atoms. The predicted molar refractivity (Wildman–Crippen MR) is 109 cm³/mol. The molecule has 3 aliphatic rings. The summed E-state index contributed by atoms with van der Waals surface area (Å²) in [6.45, 7) is 9.16. The van der Waals surface area contributed by atoms with E-state index in [2.05, 4.69) is 33.8 Å². The van der Waals surface area contributed by atoms with E-state index in [4.69, 9.17) is 4.98 Å². The van der Waals surface area contributed by atoms with Crippen LogP contribution in [-0.4, -0.2) is 38.1 Å². The van der Waals surface area contributed by atoms with Gasteiger partial charge in [0.05, 0.1) is 30.2 Å². The number of hydrogen-bond acceptors (Lipinski definition) is 5. The number of nitrogens with one attached hydrogen (secondary N) is 1. The van der Waals surface area contributed by atoms with E-state index in [-0.39, 0.29) is 23.8 Å². The molecule has 3 aromatic heterocycles. The second-order valence-electron chi connectivity index (χ2n) is 8.62. The van der Waals surface area contributed by atoms with Crippen LogP contribution in [0.1, 0.15) is 41.5 Å². The van der Waals surface area contributed by atoms with Crippen LogP contribution < -0.4 is 10.2 Å². The summed E-state index contributed by atoms with van der Waals surface area (Å²) in [5, 5.41) is 7.24.